The van der Waals surface area contributed by atoms with Gasteiger partial charge in [-0.3, -0.25) is 4.79 Å². The fraction of sp³-hybridized carbons (Fsp3) is 0.308. The van der Waals surface area contributed by atoms with Gasteiger partial charge in [-0.05, 0) is 41.7 Å². The van der Waals surface area contributed by atoms with E-state index in [1.54, 1.807) is 22.7 Å². The van der Waals surface area contributed by atoms with Crippen molar-refractivity contribution in [3.63, 3.8) is 0 Å². The summed E-state index contributed by atoms with van der Waals surface area (Å²) in [5.41, 5.74) is 5.32. The SMILES string of the molecule is NC(=O)CC(Cc1cccs1)Cc1cccs1. The smallest absolute Gasteiger partial charge is 0.217 e. The Bertz CT molecular complexity index is 411. The highest BCUT2D eigenvalue weighted by molar-refractivity contribution is 7.10. The number of rotatable bonds is 6. The van der Waals surface area contributed by atoms with E-state index in [0.717, 1.165) is 12.8 Å². The summed E-state index contributed by atoms with van der Waals surface area (Å²) in [6, 6.07) is 8.33. The number of hydrogen-bond donors (Lipinski definition) is 1. The van der Waals surface area contributed by atoms with Crippen molar-refractivity contribution in [3.8, 4) is 0 Å². The number of carbonyl (C=O) groups is 1. The zero-order valence-electron chi connectivity index (χ0n) is 9.46. The molecule has 90 valence electrons. The highest BCUT2D eigenvalue weighted by atomic mass is 32.1. The monoisotopic (exact) mass is 265 g/mol. The molecule has 0 aliphatic rings. The second-order valence-corrected chi connectivity index (χ2v) is 6.17. The van der Waals surface area contributed by atoms with E-state index in [1.807, 2.05) is 12.1 Å². The predicted octanol–water partition coefficient (Wildman–Crippen LogP) is 3.09. The molecule has 0 saturated carbocycles. The maximum atomic E-state index is 11.1. The van der Waals surface area contributed by atoms with Crippen LogP contribution in [-0.2, 0) is 17.6 Å². The van der Waals surface area contributed by atoms with E-state index in [2.05, 4.69) is 22.9 Å². The lowest BCUT2D eigenvalue weighted by atomic mass is 9.95. The van der Waals surface area contributed by atoms with E-state index < -0.39 is 0 Å². The average Bonchev–Trinajstić information content (AvgIpc) is 2.89. The Balaban J connectivity index is 2.00. The van der Waals surface area contributed by atoms with Gasteiger partial charge in [-0.2, -0.15) is 0 Å². The van der Waals surface area contributed by atoms with Gasteiger partial charge in [-0.25, -0.2) is 0 Å². The first kappa shape index (κ1) is 12.3. The lowest BCUT2D eigenvalue weighted by Crippen LogP contribution is -2.19. The van der Waals surface area contributed by atoms with Crippen molar-refractivity contribution >= 4 is 28.6 Å². The minimum Gasteiger partial charge on any atom is -0.370 e. The van der Waals surface area contributed by atoms with Gasteiger partial charge >= 0.3 is 0 Å². The number of amides is 1. The summed E-state index contributed by atoms with van der Waals surface area (Å²) < 4.78 is 0. The Labute approximate surface area is 109 Å². The molecule has 0 saturated heterocycles. The highest BCUT2D eigenvalue weighted by Gasteiger charge is 2.14. The average molecular weight is 265 g/mol. The molecule has 4 heteroatoms. The molecule has 2 aromatic heterocycles. The van der Waals surface area contributed by atoms with Gasteiger partial charge in [-0.1, -0.05) is 12.1 Å². The fourth-order valence-electron chi connectivity index (χ4n) is 1.93. The van der Waals surface area contributed by atoms with Gasteiger partial charge in [0.25, 0.3) is 0 Å². The Hall–Kier alpha value is -1.13. The van der Waals surface area contributed by atoms with E-state index in [4.69, 9.17) is 5.73 Å². The molecular formula is C13H15NOS2. The zero-order valence-corrected chi connectivity index (χ0v) is 11.1. The van der Waals surface area contributed by atoms with Gasteiger partial charge in [0.05, 0.1) is 0 Å². The second kappa shape index (κ2) is 5.98. The second-order valence-electron chi connectivity index (χ2n) is 4.10. The van der Waals surface area contributed by atoms with Crippen molar-refractivity contribution in [2.24, 2.45) is 11.7 Å². The highest BCUT2D eigenvalue weighted by Crippen LogP contribution is 2.22. The number of primary amides is 1. The third-order valence-electron chi connectivity index (χ3n) is 2.63. The van der Waals surface area contributed by atoms with E-state index in [9.17, 15) is 4.79 Å². The van der Waals surface area contributed by atoms with E-state index in [1.165, 1.54) is 9.75 Å². The first-order valence-electron chi connectivity index (χ1n) is 5.57. The van der Waals surface area contributed by atoms with Crippen LogP contribution < -0.4 is 5.73 Å². The van der Waals surface area contributed by atoms with Crippen LogP contribution in [0.2, 0.25) is 0 Å². The number of thiophene rings is 2. The summed E-state index contributed by atoms with van der Waals surface area (Å²) >= 11 is 3.48. The summed E-state index contributed by atoms with van der Waals surface area (Å²) in [5.74, 6) is 0.118. The van der Waals surface area contributed by atoms with E-state index >= 15 is 0 Å². The topological polar surface area (TPSA) is 43.1 Å². The molecule has 0 radical (unpaired) electrons. The lowest BCUT2D eigenvalue weighted by Gasteiger charge is -2.13. The maximum absolute atomic E-state index is 11.1. The summed E-state index contributed by atoms with van der Waals surface area (Å²) in [7, 11) is 0. The van der Waals surface area contributed by atoms with Crippen LogP contribution in [0.5, 0.6) is 0 Å². The Morgan fingerprint density at radius 3 is 2.00 bits per heavy atom. The minimum atomic E-state index is -0.205. The molecule has 2 heterocycles. The first-order chi connectivity index (χ1) is 8.24. The molecular weight excluding hydrogens is 250 g/mol. The minimum absolute atomic E-state index is 0.205. The summed E-state index contributed by atoms with van der Waals surface area (Å²) in [6.45, 7) is 0. The van der Waals surface area contributed by atoms with Crippen LogP contribution in [-0.4, -0.2) is 5.91 Å². The van der Waals surface area contributed by atoms with Crippen molar-refractivity contribution in [2.45, 2.75) is 19.3 Å². The number of carbonyl (C=O) groups excluding carboxylic acids is 1. The fourth-order valence-corrected chi connectivity index (χ4v) is 3.57. The molecule has 1 amide bonds. The van der Waals surface area contributed by atoms with Crippen LogP contribution in [0.1, 0.15) is 16.2 Å². The number of nitrogens with two attached hydrogens (primary N) is 1. The van der Waals surface area contributed by atoms with Gasteiger partial charge in [-0.15, -0.1) is 22.7 Å². The van der Waals surface area contributed by atoms with Crippen LogP contribution in [0.3, 0.4) is 0 Å². The molecule has 0 fully saturated rings. The Kier molecular flexibility index (Phi) is 4.34. The summed E-state index contributed by atoms with van der Waals surface area (Å²) in [4.78, 5) is 13.7. The molecule has 0 unspecified atom stereocenters. The third kappa shape index (κ3) is 3.98. The molecule has 0 atom stereocenters. The van der Waals surface area contributed by atoms with Crippen LogP contribution in [0.15, 0.2) is 35.0 Å². The Morgan fingerprint density at radius 2 is 1.65 bits per heavy atom. The van der Waals surface area contributed by atoms with Crippen LogP contribution in [0, 0.1) is 5.92 Å². The van der Waals surface area contributed by atoms with Crippen molar-refractivity contribution in [1.82, 2.24) is 0 Å². The summed E-state index contributed by atoms with van der Waals surface area (Å²) in [5, 5.41) is 4.14. The molecule has 0 aliphatic heterocycles. The predicted molar refractivity (Wildman–Crippen MR) is 73.3 cm³/mol. The van der Waals surface area contributed by atoms with Crippen LogP contribution in [0.4, 0.5) is 0 Å². The lowest BCUT2D eigenvalue weighted by molar-refractivity contribution is -0.118. The van der Waals surface area contributed by atoms with Crippen molar-refractivity contribution < 1.29 is 4.79 Å². The molecule has 2 N–H and O–H groups in total. The normalized spacial score (nSPS) is 10.9. The van der Waals surface area contributed by atoms with Crippen molar-refractivity contribution in [1.29, 1.82) is 0 Å². The van der Waals surface area contributed by atoms with E-state index in [0.29, 0.717) is 12.3 Å². The van der Waals surface area contributed by atoms with Gasteiger partial charge in [0.1, 0.15) is 0 Å². The van der Waals surface area contributed by atoms with Crippen molar-refractivity contribution in [2.75, 3.05) is 0 Å². The molecule has 2 nitrogen and oxygen atoms in total. The summed E-state index contributed by atoms with van der Waals surface area (Å²) in [6.07, 6.45) is 2.35. The molecule has 0 aromatic carbocycles. The van der Waals surface area contributed by atoms with Gasteiger partial charge in [0.15, 0.2) is 0 Å². The van der Waals surface area contributed by atoms with E-state index in [-0.39, 0.29) is 5.91 Å². The van der Waals surface area contributed by atoms with Crippen LogP contribution in [0.25, 0.3) is 0 Å². The van der Waals surface area contributed by atoms with Gasteiger partial charge in [0.2, 0.25) is 5.91 Å². The van der Waals surface area contributed by atoms with Crippen LogP contribution >= 0.6 is 22.7 Å². The number of hydrogen-bond acceptors (Lipinski definition) is 3. The molecule has 2 rings (SSSR count). The largest absolute Gasteiger partial charge is 0.370 e. The standard InChI is InChI=1S/C13H15NOS2/c14-13(15)9-10(7-11-3-1-5-16-11)8-12-4-2-6-17-12/h1-6,10H,7-9H2,(H2,14,15). The molecule has 0 bridgehead atoms. The van der Waals surface area contributed by atoms with Gasteiger partial charge < -0.3 is 5.73 Å². The maximum Gasteiger partial charge on any atom is 0.217 e. The molecule has 17 heavy (non-hydrogen) atoms. The van der Waals surface area contributed by atoms with Gasteiger partial charge in [0, 0.05) is 16.2 Å². The molecule has 0 spiro atoms. The third-order valence-corrected chi connectivity index (χ3v) is 4.43. The Morgan fingerprint density at radius 1 is 1.12 bits per heavy atom. The quantitative estimate of drug-likeness (QED) is 0.857. The molecule has 2 aromatic rings. The first-order valence-corrected chi connectivity index (χ1v) is 7.33. The van der Waals surface area contributed by atoms with Crippen molar-refractivity contribution in [3.05, 3.63) is 44.8 Å². The zero-order chi connectivity index (χ0) is 12.1. The molecule has 0 aliphatic carbocycles.